The van der Waals surface area contributed by atoms with Crippen molar-refractivity contribution < 1.29 is 14.0 Å². The van der Waals surface area contributed by atoms with Crippen molar-refractivity contribution in [2.24, 2.45) is 0 Å². The van der Waals surface area contributed by atoms with Crippen LogP contribution < -0.4 is 21.1 Å². The average Bonchev–Trinajstić information content (AvgIpc) is 2.67. The fourth-order valence-corrected chi connectivity index (χ4v) is 3.63. The number of halogens is 1. The predicted octanol–water partition coefficient (Wildman–Crippen LogP) is 1.96. The number of fused-ring (bicyclic) bond motifs is 1. The molecule has 8 nitrogen and oxygen atoms in total. The van der Waals surface area contributed by atoms with Gasteiger partial charge >= 0.3 is 0 Å². The minimum absolute atomic E-state index is 0.111. The highest BCUT2D eigenvalue weighted by Crippen LogP contribution is 2.30. The van der Waals surface area contributed by atoms with E-state index in [9.17, 15) is 18.8 Å². The number of nitrogens with zero attached hydrogens (tertiary/aromatic N) is 2. The van der Waals surface area contributed by atoms with Gasteiger partial charge in [0.2, 0.25) is 17.8 Å². The molecule has 1 aromatic heterocycles. The van der Waals surface area contributed by atoms with Crippen molar-refractivity contribution in [2.45, 2.75) is 31.6 Å². The molecule has 2 amide bonds. The molecule has 1 saturated heterocycles. The second-order valence-corrected chi connectivity index (χ2v) is 7.00. The van der Waals surface area contributed by atoms with Crippen molar-refractivity contribution in [3.8, 4) is 0 Å². The molecule has 146 valence electrons. The van der Waals surface area contributed by atoms with E-state index in [2.05, 4.69) is 20.6 Å². The van der Waals surface area contributed by atoms with Crippen LogP contribution in [0.15, 0.2) is 29.1 Å². The lowest BCUT2D eigenvalue weighted by Crippen LogP contribution is -2.38. The van der Waals surface area contributed by atoms with Crippen molar-refractivity contribution in [1.29, 1.82) is 0 Å². The summed E-state index contributed by atoms with van der Waals surface area (Å²) in [6, 6.07) is 5.43. The predicted molar refractivity (Wildman–Crippen MR) is 102 cm³/mol. The molecule has 0 radical (unpaired) electrons. The van der Waals surface area contributed by atoms with Crippen molar-refractivity contribution in [3.05, 3.63) is 46.0 Å². The maximum Gasteiger partial charge on any atom is 0.258 e. The van der Waals surface area contributed by atoms with Gasteiger partial charge in [-0.25, -0.2) is 4.39 Å². The molecule has 0 aliphatic carbocycles. The third kappa shape index (κ3) is 3.60. The molecule has 2 aliphatic heterocycles. The Labute approximate surface area is 160 Å². The van der Waals surface area contributed by atoms with E-state index in [-0.39, 0.29) is 23.5 Å². The first-order chi connectivity index (χ1) is 13.5. The third-order valence-corrected chi connectivity index (χ3v) is 5.00. The number of rotatable bonds is 3. The normalized spacial score (nSPS) is 19.0. The summed E-state index contributed by atoms with van der Waals surface area (Å²) in [5, 5.41) is 5.17. The number of hydrogen-bond acceptors (Lipinski definition) is 5. The average molecular weight is 385 g/mol. The number of hydrogen-bond donors (Lipinski definition) is 3. The fraction of sp³-hybridized carbons (Fsp3) is 0.368. The Morgan fingerprint density at radius 2 is 2.00 bits per heavy atom. The van der Waals surface area contributed by atoms with E-state index < -0.39 is 29.1 Å². The maximum absolute atomic E-state index is 13.4. The fourth-order valence-electron chi connectivity index (χ4n) is 3.63. The lowest BCUT2D eigenvalue weighted by atomic mass is 9.92. The summed E-state index contributed by atoms with van der Waals surface area (Å²) in [7, 11) is 0. The van der Waals surface area contributed by atoms with Gasteiger partial charge in [0.25, 0.3) is 5.56 Å². The molecular formula is C19H20FN5O3. The molecule has 2 aliphatic rings. The number of carbonyl (C=O) groups excluding carboxylic acids is 2. The zero-order chi connectivity index (χ0) is 19.7. The van der Waals surface area contributed by atoms with Crippen molar-refractivity contribution >= 4 is 29.3 Å². The number of amides is 2. The largest absolute Gasteiger partial charge is 0.342 e. The number of anilines is 3. The summed E-state index contributed by atoms with van der Waals surface area (Å²) in [5.74, 6) is -1.94. The number of benzene rings is 1. The van der Waals surface area contributed by atoms with Crippen LogP contribution in [-0.2, 0) is 9.59 Å². The Balaban J connectivity index is 1.65. The molecule has 3 heterocycles. The molecule has 9 heteroatoms. The monoisotopic (exact) mass is 385 g/mol. The molecular weight excluding hydrogens is 365 g/mol. The lowest BCUT2D eigenvalue weighted by molar-refractivity contribution is -0.123. The zero-order valence-corrected chi connectivity index (χ0v) is 15.1. The first kappa shape index (κ1) is 18.1. The van der Waals surface area contributed by atoms with Gasteiger partial charge in [-0.05, 0) is 37.5 Å². The van der Waals surface area contributed by atoms with Gasteiger partial charge in [0.15, 0.2) is 0 Å². The van der Waals surface area contributed by atoms with E-state index in [1.807, 2.05) is 4.90 Å². The second kappa shape index (κ2) is 7.41. The molecule has 0 unspecified atom stereocenters. The van der Waals surface area contributed by atoms with Gasteiger partial charge in [-0.1, -0.05) is 6.07 Å². The van der Waals surface area contributed by atoms with E-state index in [1.54, 1.807) is 0 Å². The number of aromatic amines is 1. The maximum atomic E-state index is 13.4. The number of H-pyrrole nitrogens is 1. The Bertz CT molecular complexity index is 984. The van der Waals surface area contributed by atoms with Crippen LogP contribution in [0.4, 0.5) is 21.8 Å². The number of aromatic nitrogens is 2. The molecule has 0 saturated carbocycles. The number of nitrogens with one attached hydrogen (secondary N) is 3. The van der Waals surface area contributed by atoms with Crippen molar-refractivity contribution in [3.63, 3.8) is 0 Å². The molecule has 1 atom stereocenters. The first-order valence-corrected chi connectivity index (χ1v) is 9.27. The van der Waals surface area contributed by atoms with Crippen LogP contribution in [0.5, 0.6) is 0 Å². The van der Waals surface area contributed by atoms with Gasteiger partial charge in [-0.15, -0.1) is 0 Å². The van der Waals surface area contributed by atoms with E-state index in [1.165, 1.54) is 24.3 Å². The minimum atomic E-state index is -1.00. The Hall–Kier alpha value is -3.23. The van der Waals surface area contributed by atoms with Crippen LogP contribution in [-0.4, -0.2) is 34.9 Å². The second-order valence-electron chi connectivity index (χ2n) is 7.00. The quantitative estimate of drug-likeness (QED) is 0.749. The van der Waals surface area contributed by atoms with E-state index >= 15 is 0 Å². The summed E-state index contributed by atoms with van der Waals surface area (Å²) in [4.78, 5) is 46.7. The van der Waals surface area contributed by atoms with Gasteiger partial charge in [0.05, 0.1) is 11.5 Å². The van der Waals surface area contributed by atoms with Crippen LogP contribution in [0.1, 0.15) is 37.2 Å². The smallest absolute Gasteiger partial charge is 0.258 e. The van der Waals surface area contributed by atoms with Gasteiger partial charge in [-0.2, -0.15) is 4.98 Å². The van der Waals surface area contributed by atoms with Crippen LogP contribution in [0.3, 0.4) is 0 Å². The summed E-state index contributed by atoms with van der Waals surface area (Å²) in [6.45, 7) is 1.55. The molecule has 3 N–H and O–H groups in total. The summed E-state index contributed by atoms with van der Waals surface area (Å²) in [5.41, 5.74) is -0.0777. The Morgan fingerprint density at radius 1 is 1.21 bits per heavy atom. The van der Waals surface area contributed by atoms with Gasteiger partial charge in [0.1, 0.15) is 11.6 Å². The summed E-state index contributed by atoms with van der Waals surface area (Å²) in [6.07, 6.45) is 2.96. The van der Waals surface area contributed by atoms with E-state index in [0.717, 1.165) is 32.4 Å². The van der Waals surface area contributed by atoms with Gasteiger partial charge < -0.3 is 15.5 Å². The Kier molecular flexibility index (Phi) is 4.81. The van der Waals surface area contributed by atoms with Gasteiger partial charge in [0, 0.05) is 25.2 Å². The SMILES string of the molecule is O=C1C[C@H](C(=O)Nc2cccc(F)c2)c2c(nc(N3CCCCC3)[nH]c2=O)N1. The van der Waals surface area contributed by atoms with Crippen molar-refractivity contribution in [1.82, 2.24) is 9.97 Å². The third-order valence-electron chi connectivity index (χ3n) is 5.00. The molecule has 1 fully saturated rings. The number of piperidine rings is 1. The molecule has 0 bridgehead atoms. The highest BCUT2D eigenvalue weighted by atomic mass is 19.1. The minimum Gasteiger partial charge on any atom is -0.342 e. The van der Waals surface area contributed by atoms with Crippen LogP contribution in [0.2, 0.25) is 0 Å². The van der Waals surface area contributed by atoms with Crippen molar-refractivity contribution in [2.75, 3.05) is 28.6 Å². The topological polar surface area (TPSA) is 107 Å². The van der Waals surface area contributed by atoms with Crippen LogP contribution in [0, 0.1) is 5.82 Å². The zero-order valence-electron chi connectivity index (χ0n) is 15.1. The van der Waals surface area contributed by atoms with Crippen LogP contribution >= 0.6 is 0 Å². The molecule has 0 spiro atoms. The Morgan fingerprint density at radius 3 is 2.75 bits per heavy atom. The molecule has 1 aromatic carbocycles. The highest BCUT2D eigenvalue weighted by molar-refractivity contribution is 6.04. The standard InChI is InChI=1S/C19H20FN5O3/c20-11-5-4-6-12(9-11)21-17(27)13-10-14(26)22-16-15(13)18(28)24-19(23-16)25-7-2-1-3-8-25/h4-6,9,13H,1-3,7-8,10H2,(H,21,27)(H2,22,23,24,26,28)/t13-/m0/s1. The van der Waals surface area contributed by atoms with Crippen LogP contribution in [0.25, 0.3) is 0 Å². The highest BCUT2D eigenvalue weighted by Gasteiger charge is 2.35. The molecule has 2 aromatic rings. The summed E-state index contributed by atoms with van der Waals surface area (Å²) >= 11 is 0. The first-order valence-electron chi connectivity index (χ1n) is 9.27. The molecule has 28 heavy (non-hydrogen) atoms. The van der Waals surface area contributed by atoms with E-state index in [4.69, 9.17) is 0 Å². The molecule has 4 rings (SSSR count). The van der Waals surface area contributed by atoms with Gasteiger partial charge in [-0.3, -0.25) is 19.4 Å². The lowest BCUT2D eigenvalue weighted by Gasteiger charge is -2.29. The van der Waals surface area contributed by atoms with E-state index in [0.29, 0.717) is 5.95 Å². The summed E-state index contributed by atoms with van der Waals surface area (Å²) < 4.78 is 13.4. The number of carbonyl (C=O) groups is 2.